The Morgan fingerprint density at radius 3 is 2.68 bits per heavy atom. The van der Waals surface area contributed by atoms with Gasteiger partial charge in [0.15, 0.2) is 15.8 Å². The Hall–Kier alpha value is -2.39. The summed E-state index contributed by atoms with van der Waals surface area (Å²) in [6.45, 7) is 0. The molecule has 1 saturated carbocycles. The molecule has 1 heterocycles. The Morgan fingerprint density at radius 1 is 1.44 bits per heavy atom. The summed E-state index contributed by atoms with van der Waals surface area (Å²) in [7, 11) is -3.42. The quantitative estimate of drug-likeness (QED) is 0.544. The number of hydrogen-bond acceptors (Lipinski definition) is 5. The molecule has 1 amide bonds. The number of amides is 1. The maximum Gasteiger partial charge on any atom is 0.261 e. The van der Waals surface area contributed by atoms with Gasteiger partial charge in [0, 0.05) is 12.2 Å². The number of nitrogens with one attached hydrogen (secondary N) is 2. The van der Waals surface area contributed by atoms with Gasteiger partial charge < -0.3 is 5.73 Å². The largest absolute Gasteiger partial charge is 0.370 e. The predicted octanol–water partition coefficient (Wildman–Crippen LogP) is 1.43. The van der Waals surface area contributed by atoms with Crippen LogP contribution in [0.1, 0.15) is 34.8 Å². The molecule has 25 heavy (non-hydrogen) atoms. The number of halogens is 1. The molecule has 0 radical (unpaired) electrons. The number of sulfone groups is 1. The van der Waals surface area contributed by atoms with Crippen molar-refractivity contribution >= 4 is 33.3 Å². The summed E-state index contributed by atoms with van der Waals surface area (Å²) >= 11 is 6.24. The molecular weight excluding hydrogens is 366 g/mol. The maximum absolute atomic E-state index is 12.2. The first-order chi connectivity index (χ1) is 11.7. The van der Waals surface area contributed by atoms with Gasteiger partial charge in [-0.3, -0.25) is 15.5 Å². The molecule has 0 saturated heterocycles. The summed E-state index contributed by atoms with van der Waals surface area (Å²) in [6.07, 6.45) is 4.25. The highest BCUT2D eigenvalue weighted by molar-refractivity contribution is 7.90. The fourth-order valence-electron chi connectivity index (χ4n) is 2.55. The zero-order chi connectivity index (χ0) is 18.4. The fourth-order valence-corrected chi connectivity index (χ4v) is 3.39. The van der Waals surface area contributed by atoms with Gasteiger partial charge >= 0.3 is 0 Å². The number of rotatable bonds is 4. The van der Waals surface area contributed by atoms with E-state index in [-0.39, 0.29) is 10.8 Å². The van der Waals surface area contributed by atoms with E-state index >= 15 is 0 Å². The maximum atomic E-state index is 12.2. The Bertz CT molecular complexity index is 979. The van der Waals surface area contributed by atoms with Crippen molar-refractivity contribution in [3.8, 4) is 5.69 Å². The minimum atomic E-state index is -3.42. The lowest BCUT2D eigenvalue weighted by Gasteiger charge is -2.12. The third-order valence-electron chi connectivity index (χ3n) is 3.84. The molecule has 1 aliphatic rings. The highest BCUT2D eigenvalue weighted by Gasteiger charge is 2.33. The summed E-state index contributed by atoms with van der Waals surface area (Å²) in [5, 5.41) is 14.0. The second kappa shape index (κ2) is 6.16. The zero-order valence-electron chi connectivity index (χ0n) is 13.3. The number of nitrogens with two attached hydrogens (primary N) is 1. The second-order valence-corrected chi connectivity index (χ2v) is 8.31. The topological polar surface area (TPSA) is 131 Å². The van der Waals surface area contributed by atoms with Gasteiger partial charge in [0.1, 0.15) is 0 Å². The van der Waals surface area contributed by atoms with Crippen LogP contribution in [-0.2, 0) is 9.84 Å². The Kier molecular flexibility index (Phi) is 4.29. The normalized spacial score (nSPS) is 14.3. The molecule has 8 nitrogen and oxygen atoms in total. The molecule has 0 atom stereocenters. The molecule has 2 aromatic rings. The molecule has 1 aromatic carbocycles. The molecule has 0 bridgehead atoms. The van der Waals surface area contributed by atoms with Crippen molar-refractivity contribution in [1.82, 2.24) is 15.1 Å². The van der Waals surface area contributed by atoms with E-state index in [1.54, 1.807) is 0 Å². The van der Waals surface area contributed by atoms with Crippen LogP contribution in [0.2, 0.25) is 5.02 Å². The number of hydrogen-bond donors (Lipinski definition) is 3. The van der Waals surface area contributed by atoms with Crippen LogP contribution in [0.4, 0.5) is 0 Å². The van der Waals surface area contributed by atoms with E-state index in [1.807, 2.05) is 0 Å². The summed E-state index contributed by atoms with van der Waals surface area (Å²) in [4.78, 5) is 12.4. The first-order valence-corrected chi connectivity index (χ1v) is 9.68. The van der Waals surface area contributed by atoms with Crippen molar-refractivity contribution in [3.05, 3.63) is 40.7 Å². The van der Waals surface area contributed by atoms with Crippen LogP contribution in [0.5, 0.6) is 0 Å². The second-order valence-electron chi connectivity index (χ2n) is 5.88. The Labute approximate surface area is 149 Å². The van der Waals surface area contributed by atoms with Crippen LogP contribution in [0, 0.1) is 5.41 Å². The smallest absolute Gasteiger partial charge is 0.261 e. The van der Waals surface area contributed by atoms with Crippen molar-refractivity contribution in [1.29, 1.82) is 5.41 Å². The number of benzene rings is 1. The van der Waals surface area contributed by atoms with E-state index < -0.39 is 21.7 Å². The van der Waals surface area contributed by atoms with Gasteiger partial charge in [-0.25, -0.2) is 13.1 Å². The highest BCUT2D eigenvalue weighted by atomic mass is 35.5. The van der Waals surface area contributed by atoms with Crippen LogP contribution < -0.4 is 11.1 Å². The third kappa shape index (κ3) is 3.52. The van der Waals surface area contributed by atoms with Gasteiger partial charge in [-0.05, 0) is 31.0 Å². The molecule has 0 spiro atoms. The average Bonchev–Trinajstić information content (AvgIpc) is 3.24. The molecule has 10 heteroatoms. The van der Waals surface area contributed by atoms with Crippen molar-refractivity contribution in [3.63, 3.8) is 0 Å². The van der Waals surface area contributed by atoms with E-state index in [2.05, 4.69) is 10.4 Å². The third-order valence-corrected chi connectivity index (χ3v) is 5.27. The molecular formula is C15H16ClN5O3S. The van der Waals surface area contributed by atoms with Gasteiger partial charge in [-0.15, -0.1) is 0 Å². The van der Waals surface area contributed by atoms with E-state index in [1.165, 1.54) is 29.1 Å². The first kappa shape index (κ1) is 17.4. The lowest BCUT2D eigenvalue weighted by molar-refractivity contribution is 0.0975. The van der Waals surface area contributed by atoms with Gasteiger partial charge in [0.05, 0.1) is 33.1 Å². The number of carbonyl (C=O) groups excluding carboxylic acids is 1. The summed E-state index contributed by atoms with van der Waals surface area (Å²) in [5.41, 5.74) is 6.52. The van der Waals surface area contributed by atoms with Crippen molar-refractivity contribution < 1.29 is 13.2 Å². The molecule has 1 fully saturated rings. The number of carbonyl (C=O) groups is 1. The van der Waals surface area contributed by atoms with Crippen molar-refractivity contribution in [2.24, 2.45) is 5.73 Å². The molecule has 1 aromatic heterocycles. The highest BCUT2D eigenvalue weighted by Crippen LogP contribution is 2.43. The fraction of sp³-hybridized carbons (Fsp3) is 0.267. The molecule has 0 unspecified atom stereocenters. The number of aromatic nitrogens is 2. The van der Waals surface area contributed by atoms with Crippen LogP contribution in [0.3, 0.4) is 0 Å². The Morgan fingerprint density at radius 2 is 2.12 bits per heavy atom. The summed E-state index contributed by atoms with van der Waals surface area (Å²) in [5.74, 6) is -0.874. The van der Waals surface area contributed by atoms with Crippen LogP contribution >= 0.6 is 11.6 Å². The van der Waals surface area contributed by atoms with E-state index in [9.17, 15) is 13.2 Å². The number of nitrogens with zero attached hydrogens (tertiary/aromatic N) is 2. The van der Waals surface area contributed by atoms with Gasteiger partial charge in [-0.1, -0.05) is 11.6 Å². The first-order valence-electron chi connectivity index (χ1n) is 7.41. The lowest BCUT2D eigenvalue weighted by Crippen LogP contribution is -2.36. The summed E-state index contributed by atoms with van der Waals surface area (Å²) < 4.78 is 25.1. The SMILES string of the molecule is CS(=O)(=O)c1ccc(Cl)c(-n2ncc(C(=O)NC(=N)N)c2C2CC2)c1. The van der Waals surface area contributed by atoms with Crippen molar-refractivity contribution in [2.75, 3.05) is 6.26 Å². The van der Waals surface area contributed by atoms with Crippen LogP contribution in [0.25, 0.3) is 5.69 Å². The standard InChI is InChI=1S/C15H16ClN5O3S/c1-25(23,24)9-4-5-11(16)12(6-9)21-13(8-2-3-8)10(7-19-21)14(22)20-15(17)18/h4-8H,2-3H2,1H3,(H4,17,18,20,22). The lowest BCUT2D eigenvalue weighted by atomic mass is 10.1. The van der Waals surface area contributed by atoms with Gasteiger partial charge in [0.25, 0.3) is 5.91 Å². The van der Waals surface area contributed by atoms with Crippen LogP contribution in [0.15, 0.2) is 29.3 Å². The minimum Gasteiger partial charge on any atom is -0.370 e. The molecule has 3 rings (SSSR count). The van der Waals surface area contributed by atoms with Gasteiger partial charge in [-0.2, -0.15) is 5.10 Å². The van der Waals surface area contributed by atoms with E-state index in [0.717, 1.165) is 19.1 Å². The molecule has 0 aliphatic heterocycles. The molecule has 4 N–H and O–H groups in total. The number of guanidine groups is 1. The van der Waals surface area contributed by atoms with Gasteiger partial charge in [0.2, 0.25) is 0 Å². The molecule has 1 aliphatic carbocycles. The predicted molar refractivity (Wildman–Crippen MR) is 93.0 cm³/mol. The van der Waals surface area contributed by atoms with E-state index in [4.69, 9.17) is 22.7 Å². The van der Waals surface area contributed by atoms with Crippen molar-refractivity contribution in [2.45, 2.75) is 23.7 Å². The average molecular weight is 382 g/mol. The summed E-state index contributed by atoms with van der Waals surface area (Å²) in [6, 6.07) is 4.34. The Balaban J connectivity index is 2.14. The van der Waals surface area contributed by atoms with Crippen LogP contribution in [-0.4, -0.2) is 36.3 Å². The monoisotopic (exact) mass is 381 g/mol. The zero-order valence-corrected chi connectivity index (χ0v) is 14.9. The van der Waals surface area contributed by atoms with E-state index in [0.29, 0.717) is 22.0 Å². The minimum absolute atomic E-state index is 0.110. The molecule has 132 valence electrons.